The summed E-state index contributed by atoms with van der Waals surface area (Å²) in [4.78, 5) is 8.22. The van der Waals surface area contributed by atoms with Crippen molar-refractivity contribution in [2.45, 2.75) is 18.2 Å². The van der Waals surface area contributed by atoms with E-state index in [0.29, 0.717) is 17.8 Å². The van der Waals surface area contributed by atoms with E-state index in [9.17, 15) is 8.42 Å². The molecule has 2 aromatic heterocycles. The quantitative estimate of drug-likeness (QED) is 0.550. The Kier molecular flexibility index (Phi) is 4.27. The molecule has 0 aliphatic rings. The zero-order chi connectivity index (χ0) is 19.9. The molecule has 8 heteroatoms. The van der Waals surface area contributed by atoms with Crippen molar-refractivity contribution < 1.29 is 8.42 Å². The Morgan fingerprint density at radius 2 is 1.75 bits per heavy atom. The fraction of sp³-hybridized carbons (Fsp3) is 0.100. The third kappa shape index (κ3) is 3.07. The van der Waals surface area contributed by atoms with Crippen molar-refractivity contribution in [3.8, 4) is 0 Å². The van der Waals surface area contributed by atoms with Gasteiger partial charge in [0, 0.05) is 29.8 Å². The second-order valence-electron chi connectivity index (χ2n) is 6.60. The fourth-order valence-corrected chi connectivity index (χ4v) is 4.52. The van der Waals surface area contributed by atoms with Crippen LogP contribution in [-0.2, 0) is 16.4 Å². The van der Waals surface area contributed by atoms with Crippen LogP contribution >= 0.6 is 0 Å². The molecule has 4 rings (SSSR count). The van der Waals surface area contributed by atoms with E-state index in [1.807, 2.05) is 19.1 Å². The summed E-state index contributed by atoms with van der Waals surface area (Å²) >= 11 is 0. The molecule has 0 atom stereocenters. The summed E-state index contributed by atoms with van der Waals surface area (Å²) < 4.78 is 27.5. The van der Waals surface area contributed by atoms with Crippen molar-refractivity contribution in [1.82, 2.24) is 13.9 Å². The molecule has 0 spiro atoms. The van der Waals surface area contributed by atoms with Crippen LogP contribution in [0.2, 0.25) is 0 Å². The van der Waals surface area contributed by atoms with Crippen LogP contribution in [0.3, 0.4) is 0 Å². The van der Waals surface area contributed by atoms with Gasteiger partial charge in [-0.25, -0.2) is 17.4 Å². The molecule has 4 N–H and O–H groups in total. The van der Waals surface area contributed by atoms with Crippen LogP contribution in [-0.4, -0.2) is 22.4 Å². The third-order valence-electron chi connectivity index (χ3n) is 4.66. The van der Waals surface area contributed by atoms with Crippen LogP contribution < -0.4 is 11.5 Å². The van der Waals surface area contributed by atoms with Crippen molar-refractivity contribution in [2.24, 2.45) is 0 Å². The SMILES string of the molecule is Cc1ccc(S(=O)(=O)n2ccc3c(Cc4cnc(N)nc4N)cccc32)cc1. The smallest absolute Gasteiger partial charge is 0.268 e. The van der Waals surface area contributed by atoms with Crippen molar-refractivity contribution in [3.05, 3.63) is 77.6 Å². The minimum Gasteiger partial charge on any atom is -0.383 e. The van der Waals surface area contributed by atoms with Crippen LogP contribution in [0.4, 0.5) is 11.8 Å². The van der Waals surface area contributed by atoms with E-state index in [-0.39, 0.29) is 10.8 Å². The minimum atomic E-state index is -3.69. The van der Waals surface area contributed by atoms with E-state index < -0.39 is 10.0 Å². The van der Waals surface area contributed by atoms with E-state index in [4.69, 9.17) is 11.5 Å². The number of aromatic nitrogens is 3. The van der Waals surface area contributed by atoms with E-state index in [2.05, 4.69) is 9.97 Å². The summed E-state index contributed by atoms with van der Waals surface area (Å²) in [5.74, 6) is 0.436. The molecular weight excluding hydrogens is 374 g/mol. The molecule has 0 aliphatic heterocycles. The highest BCUT2D eigenvalue weighted by molar-refractivity contribution is 7.90. The molecule has 2 aromatic carbocycles. The molecule has 0 amide bonds. The largest absolute Gasteiger partial charge is 0.383 e. The molecule has 28 heavy (non-hydrogen) atoms. The lowest BCUT2D eigenvalue weighted by Gasteiger charge is -2.10. The fourth-order valence-electron chi connectivity index (χ4n) is 3.17. The molecule has 0 saturated heterocycles. The predicted molar refractivity (Wildman–Crippen MR) is 109 cm³/mol. The Bertz CT molecular complexity index is 1280. The molecule has 0 radical (unpaired) electrons. The number of fused-ring (bicyclic) bond motifs is 1. The lowest BCUT2D eigenvalue weighted by Crippen LogP contribution is -2.11. The lowest BCUT2D eigenvalue weighted by molar-refractivity contribution is 0.589. The highest BCUT2D eigenvalue weighted by atomic mass is 32.2. The lowest BCUT2D eigenvalue weighted by atomic mass is 10.0. The summed E-state index contributed by atoms with van der Waals surface area (Å²) in [5, 5.41) is 0.828. The van der Waals surface area contributed by atoms with Gasteiger partial charge in [-0.05, 0) is 36.8 Å². The van der Waals surface area contributed by atoms with Gasteiger partial charge in [-0.2, -0.15) is 4.98 Å². The molecule has 0 fully saturated rings. The zero-order valence-electron chi connectivity index (χ0n) is 15.2. The predicted octanol–water partition coefficient (Wildman–Crippen LogP) is 2.73. The number of hydrogen-bond donors (Lipinski definition) is 2. The topological polar surface area (TPSA) is 117 Å². The van der Waals surface area contributed by atoms with Gasteiger partial charge in [0.05, 0.1) is 10.4 Å². The minimum absolute atomic E-state index is 0.120. The summed E-state index contributed by atoms with van der Waals surface area (Å²) in [7, 11) is -3.69. The van der Waals surface area contributed by atoms with Crippen molar-refractivity contribution >= 4 is 32.7 Å². The van der Waals surface area contributed by atoms with E-state index in [0.717, 1.165) is 22.1 Å². The number of hydrogen-bond acceptors (Lipinski definition) is 6. The number of rotatable bonds is 4. The van der Waals surface area contributed by atoms with Crippen LogP contribution in [0.25, 0.3) is 10.9 Å². The van der Waals surface area contributed by atoms with Gasteiger partial charge in [-0.1, -0.05) is 29.8 Å². The highest BCUT2D eigenvalue weighted by Crippen LogP contribution is 2.27. The Morgan fingerprint density at radius 3 is 2.46 bits per heavy atom. The normalized spacial score (nSPS) is 11.8. The summed E-state index contributed by atoms with van der Waals surface area (Å²) in [6.45, 7) is 1.92. The van der Waals surface area contributed by atoms with E-state index >= 15 is 0 Å². The Labute approximate surface area is 162 Å². The van der Waals surface area contributed by atoms with Gasteiger partial charge in [-0.15, -0.1) is 0 Å². The van der Waals surface area contributed by atoms with E-state index in [1.54, 1.807) is 48.8 Å². The Morgan fingerprint density at radius 1 is 1.00 bits per heavy atom. The van der Waals surface area contributed by atoms with Gasteiger partial charge in [0.25, 0.3) is 10.0 Å². The first-order chi connectivity index (χ1) is 13.4. The number of nitrogens with zero attached hydrogens (tertiary/aromatic N) is 3. The molecule has 142 valence electrons. The van der Waals surface area contributed by atoms with Gasteiger partial charge in [0.1, 0.15) is 5.82 Å². The van der Waals surface area contributed by atoms with E-state index in [1.165, 1.54) is 3.97 Å². The number of nitrogen functional groups attached to an aromatic ring is 2. The molecule has 0 saturated carbocycles. The average molecular weight is 393 g/mol. The maximum absolute atomic E-state index is 13.1. The number of aryl methyl sites for hydroxylation is 1. The first-order valence-corrected chi connectivity index (χ1v) is 10.1. The van der Waals surface area contributed by atoms with Gasteiger partial charge in [-0.3, -0.25) is 0 Å². The molecule has 4 aromatic rings. The third-order valence-corrected chi connectivity index (χ3v) is 6.37. The first kappa shape index (κ1) is 18.0. The number of benzene rings is 2. The zero-order valence-corrected chi connectivity index (χ0v) is 16.0. The van der Waals surface area contributed by atoms with Gasteiger partial charge < -0.3 is 11.5 Å². The number of anilines is 2. The van der Waals surface area contributed by atoms with Gasteiger partial charge in [0.15, 0.2) is 0 Å². The van der Waals surface area contributed by atoms with Gasteiger partial charge in [0.2, 0.25) is 5.95 Å². The standard InChI is InChI=1S/C20H19N5O2S/c1-13-5-7-16(8-6-13)28(26,27)25-10-9-17-14(3-2-4-18(17)25)11-15-12-23-20(22)24-19(15)21/h2-10,12H,11H2,1H3,(H4,21,22,23,24). The molecule has 0 aliphatic carbocycles. The summed E-state index contributed by atoms with van der Waals surface area (Å²) in [5.41, 5.74) is 14.8. The molecule has 7 nitrogen and oxygen atoms in total. The molecule has 0 bridgehead atoms. The van der Waals surface area contributed by atoms with Crippen LogP contribution in [0.5, 0.6) is 0 Å². The maximum Gasteiger partial charge on any atom is 0.268 e. The Balaban J connectivity index is 1.79. The summed E-state index contributed by atoms with van der Waals surface area (Å²) in [6, 6.07) is 14.1. The van der Waals surface area contributed by atoms with Crippen molar-refractivity contribution in [3.63, 3.8) is 0 Å². The number of nitrogens with two attached hydrogens (primary N) is 2. The maximum atomic E-state index is 13.1. The average Bonchev–Trinajstić information content (AvgIpc) is 3.10. The molecular formula is C20H19N5O2S. The van der Waals surface area contributed by atoms with Crippen molar-refractivity contribution in [2.75, 3.05) is 11.5 Å². The highest BCUT2D eigenvalue weighted by Gasteiger charge is 2.19. The van der Waals surface area contributed by atoms with Crippen LogP contribution in [0, 0.1) is 6.92 Å². The second-order valence-corrected chi connectivity index (χ2v) is 8.41. The molecule has 2 heterocycles. The van der Waals surface area contributed by atoms with Crippen LogP contribution in [0.1, 0.15) is 16.7 Å². The summed E-state index contributed by atoms with van der Waals surface area (Å²) in [6.07, 6.45) is 3.64. The molecule has 0 unspecified atom stereocenters. The first-order valence-electron chi connectivity index (χ1n) is 8.64. The monoisotopic (exact) mass is 393 g/mol. The van der Waals surface area contributed by atoms with Gasteiger partial charge >= 0.3 is 0 Å². The Hall–Kier alpha value is -3.39. The van der Waals surface area contributed by atoms with Crippen molar-refractivity contribution in [1.29, 1.82) is 0 Å². The second kappa shape index (κ2) is 6.65. The van der Waals surface area contributed by atoms with Crippen LogP contribution in [0.15, 0.2) is 65.8 Å².